The minimum Gasteiger partial charge on any atom is -0.356 e. The van der Waals surface area contributed by atoms with Gasteiger partial charge in [0.2, 0.25) is 0 Å². The highest BCUT2D eigenvalue weighted by Crippen LogP contribution is 2.42. The van der Waals surface area contributed by atoms with Crippen molar-refractivity contribution in [3.05, 3.63) is 15.6 Å². The third-order valence-electron chi connectivity index (χ3n) is 4.92. The van der Waals surface area contributed by atoms with Crippen LogP contribution in [0.5, 0.6) is 0 Å². The van der Waals surface area contributed by atoms with Crippen molar-refractivity contribution in [2.24, 2.45) is 10.4 Å². The second-order valence-corrected chi connectivity index (χ2v) is 7.56. The van der Waals surface area contributed by atoms with Crippen LogP contribution in [-0.4, -0.2) is 31.1 Å². The molecule has 0 unspecified atom stereocenters. The number of aliphatic imine (C=N–C) groups is 1. The summed E-state index contributed by atoms with van der Waals surface area (Å²) in [6.07, 6.45) is 7.33. The first-order chi connectivity index (χ1) is 10.6. The van der Waals surface area contributed by atoms with Crippen molar-refractivity contribution in [2.45, 2.75) is 59.3 Å². The van der Waals surface area contributed by atoms with Gasteiger partial charge in [0.1, 0.15) is 0 Å². The predicted octanol–water partition coefficient (Wildman–Crippen LogP) is 3.92. The number of halogens is 1. The van der Waals surface area contributed by atoms with Crippen molar-refractivity contribution in [2.75, 3.05) is 20.1 Å². The van der Waals surface area contributed by atoms with Crippen molar-refractivity contribution < 1.29 is 0 Å². The maximum Gasteiger partial charge on any atom is 0.191 e. The Balaban J connectivity index is 0.00000264. The van der Waals surface area contributed by atoms with Crippen molar-refractivity contribution in [1.82, 2.24) is 15.6 Å². The Morgan fingerprint density at radius 2 is 2.04 bits per heavy atom. The number of guanidine groups is 1. The number of nitrogens with zero attached hydrogens (tertiary/aromatic N) is 2. The first-order valence-corrected chi connectivity index (χ1v) is 9.34. The van der Waals surface area contributed by atoms with E-state index in [2.05, 4.69) is 36.4 Å². The lowest BCUT2D eigenvalue weighted by atomic mass is 9.67. The van der Waals surface area contributed by atoms with Crippen molar-refractivity contribution in [1.29, 1.82) is 0 Å². The van der Waals surface area contributed by atoms with E-state index in [1.54, 1.807) is 0 Å². The number of nitrogens with one attached hydrogen (secondary N) is 2. The van der Waals surface area contributed by atoms with Crippen LogP contribution in [0.25, 0.3) is 0 Å². The largest absolute Gasteiger partial charge is 0.356 e. The molecule has 1 aromatic rings. The zero-order valence-corrected chi connectivity index (χ0v) is 18.0. The average molecular weight is 450 g/mol. The van der Waals surface area contributed by atoms with Gasteiger partial charge < -0.3 is 10.6 Å². The van der Waals surface area contributed by atoms with E-state index in [4.69, 9.17) is 4.98 Å². The molecule has 0 saturated heterocycles. The summed E-state index contributed by atoms with van der Waals surface area (Å²) in [7, 11) is 1.84. The van der Waals surface area contributed by atoms with Gasteiger partial charge in [0, 0.05) is 31.4 Å². The summed E-state index contributed by atoms with van der Waals surface area (Å²) in [4.78, 5) is 10.4. The lowest BCUT2D eigenvalue weighted by Gasteiger charge is -2.41. The number of hydrogen-bond acceptors (Lipinski definition) is 3. The smallest absolute Gasteiger partial charge is 0.191 e. The number of hydrogen-bond donors (Lipinski definition) is 2. The van der Waals surface area contributed by atoms with Gasteiger partial charge in [-0.25, -0.2) is 4.98 Å². The lowest BCUT2D eigenvalue weighted by Crippen LogP contribution is -2.46. The molecule has 23 heavy (non-hydrogen) atoms. The predicted molar refractivity (Wildman–Crippen MR) is 111 cm³/mol. The highest BCUT2D eigenvalue weighted by molar-refractivity contribution is 14.0. The summed E-state index contributed by atoms with van der Waals surface area (Å²) in [6.45, 7) is 8.55. The first-order valence-electron chi connectivity index (χ1n) is 8.52. The van der Waals surface area contributed by atoms with E-state index < -0.39 is 0 Å². The molecule has 1 saturated carbocycles. The lowest BCUT2D eigenvalue weighted by molar-refractivity contribution is 0.131. The highest BCUT2D eigenvalue weighted by atomic mass is 127. The van der Waals surface area contributed by atoms with Crippen molar-refractivity contribution in [3.8, 4) is 0 Å². The van der Waals surface area contributed by atoms with Crippen LogP contribution >= 0.6 is 35.3 Å². The summed E-state index contributed by atoms with van der Waals surface area (Å²) < 4.78 is 0. The molecule has 1 aliphatic rings. The molecule has 0 amide bonds. The maximum atomic E-state index is 4.69. The van der Waals surface area contributed by atoms with E-state index in [1.807, 2.05) is 18.4 Å². The molecular weight excluding hydrogens is 419 g/mol. The maximum absolute atomic E-state index is 4.69. The van der Waals surface area contributed by atoms with E-state index in [0.29, 0.717) is 5.41 Å². The molecule has 0 spiro atoms. The molecule has 1 heterocycles. The van der Waals surface area contributed by atoms with Gasteiger partial charge in [-0.2, -0.15) is 0 Å². The summed E-state index contributed by atoms with van der Waals surface area (Å²) in [6, 6.07) is 0. The Labute approximate surface area is 162 Å². The molecule has 1 fully saturated rings. The second-order valence-electron chi connectivity index (χ2n) is 6.27. The van der Waals surface area contributed by atoms with Crippen LogP contribution in [0, 0.1) is 12.3 Å². The summed E-state index contributed by atoms with van der Waals surface area (Å²) in [5.41, 5.74) is 1.76. The molecule has 0 aromatic carbocycles. The van der Waals surface area contributed by atoms with Crippen LogP contribution in [-0.2, 0) is 12.8 Å². The Kier molecular flexibility index (Phi) is 8.82. The van der Waals surface area contributed by atoms with Crippen LogP contribution in [0.1, 0.15) is 55.1 Å². The Hall–Kier alpha value is -0.370. The van der Waals surface area contributed by atoms with Crippen LogP contribution < -0.4 is 10.6 Å². The fourth-order valence-corrected chi connectivity index (χ4v) is 4.06. The highest BCUT2D eigenvalue weighted by Gasteiger charge is 2.34. The number of aromatic nitrogens is 1. The molecule has 0 atom stereocenters. The summed E-state index contributed by atoms with van der Waals surface area (Å²) in [5, 5.41) is 8.14. The fraction of sp³-hybridized carbons (Fsp3) is 0.765. The van der Waals surface area contributed by atoms with E-state index in [9.17, 15) is 0 Å². The molecule has 1 aliphatic carbocycles. The molecule has 2 N–H and O–H groups in total. The fourth-order valence-electron chi connectivity index (χ4n) is 3.03. The Morgan fingerprint density at radius 1 is 1.30 bits per heavy atom. The zero-order chi connectivity index (χ0) is 16.0. The van der Waals surface area contributed by atoms with Gasteiger partial charge in [-0.3, -0.25) is 4.99 Å². The van der Waals surface area contributed by atoms with E-state index >= 15 is 0 Å². The number of aryl methyl sites for hydroxylation is 2. The second kappa shape index (κ2) is 9.81. The molecule has 4 nitrogen and oxygen atoms in total. The van der Waals surface area contributed by atoms with Crippen molar-refractivity contribution in [3.63, 3.8) is 0 Å². The minimum atomic E-state index is 0. The van der Waals surface area contributed by atoms with Gasteiger partial charge in [0.25, 0.3) is 0 Å². The molecule has 6 heteroatoms. The van der Waals surface area contributed by atoms with Gasteiger partial charge in [-0.1, -0.05) is 20.3 Å². The molecule has 1 aromatic heterocycles. The standard InChI is InChI=1S/C17H30N4S.HI/c1-5-14-13(3)22-15(21-14)8-11-19-16(18-4)20-12-17(6-2)9-7-10-17;/h5-12H2,1-4H3,(H2,18,19,20);1H. The van der Waals surface area contributed by atoms with E-state index in [-0.39, 0.29) is 24.0 Å². The monoisotopic (exact) mass is 450 g/mol. The van der Waals surface area contributed by atoms with Gasteiger partial charge in [-0.05, 0) is 38.0 Å². The molecule has 0 radical (unpaired) electrons. The summed E-state index contributed by atoms with van der Waals surface area (Å²) in [5.74, 6) is 0.920. The molecular formula is C17H31IN4S. The van der Waals surface area contributed by atoms with E-state index in [1.165, 1.54) is 41.3 Å². The Bertz CT molecular complexity index is 503. The quantitative estimate of drug-likeness (QED) is 0.376. The van der Waals surface area contributed by atoms with Crippen LogP contribution in [0.4, 0.5) is 0 Å². The van der Waals surface area contributed by atoms with E-state index in [0.717, 1.165) is 31.9 Å². The molecule has 2 rings (SSSR count). The minimum absolute atomic E-state index is 0. The Morgan fingerprint density at radius 3 is 2.52 bits per heavy atom. The van der Waals surface area contributed by atoms with Crippen LogP contribution in [0.2, 0.25) is 0 Å². The van der Waals surface area contributed by atoms with Gasteiger partial charge in [0.05, 0.1) is 10.7 Å². The van der Waals surface area contributed by atoms with Crippen LogP contribution in [0.15, 0.2) is 4.99 Å². The van der Waals surface area contributed by atoms with Gasteiger partial charge >= 0.3 is 0 Å². The summed E-state index contributed by atoms with van der Waals surface area (Å²) >= 11 is 1.82. The number of thiazole rings is 1. The van der Waals surface area contributed by atoms with Gasteiger partial charge in [-0.15, -0.1) is 35.3 Å². The molecule has 0 aliphatic heterocycles. The third kappa shape index (κ3) is 5.59. The van der Waals surface area contributed by atoms with Crippen LogP contribution in [0.3, 0.4) is 0 Å². The molecule has 132 valence electrons. The molecule has 0 bridgehead atoms. The zero-order valence-electron chi connectivity index (χ0n) is 14.9. The number of rotatable bonds is 7. The first kappa shape index (κ1) is 20.7. The normalized spacial score (nSPS) is 16.4. The SMILES string of the molecule is CCc1nc(CCNC(=NC)NCC2(CC)CCC2)sc1C.I. The van der Waals surface area contributed by atoms with Gasteiger partial charge in [0.15, 0.2) is 5.96 Å². The van der Waals surface area contributed by atoms with Crippen molar-refractivity contribution >= 4 is 41.3 Å². The topological polar surface area (TPSA) is 49.3 Å². The third-order valence-corrected chi connectivity index (χ3v) is 5.99. The average Bonchev–Trinajstić information content (AvgIpc) is 2.84.